The molecule has 3 heterocycles. The van der Waals surface area contributed by atoms with Crippen molar-refractivity contribution in [3.8, 4) is 0 Å². The number of nitrogens with zero attached hydrogens (tertiary/aromatic N) is 3. The molecule has 3 rings (SSSR count). The van der Waals surface area contributed by atoms with Crippen LogP contribution in [-0.2, 0) is 6.54 Å². The summed E-state index contributed by atoms with van der Waals surface area (Å²) in [5.74, 6) is 0. The zero-order valence-corrected chi connectivity index (χ0v) is 11.6. The van der Waals surface area contributed by atoms with Crippen LogP contribution < -0.4 is 5.73 Å². The van der Waals surface area contributed by atoms with Crippen LogP contribution in [0.2, 0.25) is 5.02 Å². The smallest absolute Gasteiger partial charge is 0.194 e. The molecule has 0 fully saturated rings. The molecule has 0 aromatic carbocycles. The van der Waals surface area contributed by atoms with Gasteiger partial charge in [-0.05, 0) is 23.9 Å². The van der Waals surface area contributed by atoms with Gasteiger partial charge in [-0.2, -0.15) is 0 Å². The maximum Gasteiger partial charge on any atom is 0.194 e. The summed E-state index contributed by atoms with van der Waals surface area (Å²) in [4.78, 5) is 9.73. The number of thiazole rings is 1. The average molecular weight is 297 g/mol. The molecule has 3 aromatic heterocycles. The van der Waals surface area contributed by atoms with E-state index in [0.717, 1.165) is 20.7 Å². The van der Waals surface area contributed by atoms with Gasteiger partial charge in [0.15, 0.2) is 4.96 Å². The lowest BCUT2D eigenvalue weighted by molar-refractivity contribution is 0.923. The van der Waals surface area contributed by atoms with E-state index in [1.54, 1.807) is 17.5 Å². The molecule has 2 N–H and O–H groups in total. The molecule has 0 aliphatic rings. The summed E-state index contributed by atoms with van der Waals surface area (Å²) in [5, 5.41) is 4.23. The summed E-state index contributed by atoms with van der Waals surface area (Å²) in [6.07, 6.45) is 3.69. The quantitative estimate of drug-likeness (QED) is 0.807. The second-order valence-corrected chi connectivity index (χ2v) is 5.77. The highest BCUT2D eigenvalue weighted by Gasteiger charge is 2.14. The third kappa shape index (κ3) is 2.01. The lowest BCUT2D eigenvalue weighted by Crippen LogP contribution is -2.01. The predicted molar refractivity (Wildman–Crippen MR) is 74.3 cm³/mol. The SMILES string of the molecule is NCc1c(Sc2ncccc2Cl)nc2sccn12. The summed E-state index contributed by atoms with van der Waals surface area (Å²) in [5.41, 5.74) is 6.77. The van der Waals surface area contributed by atoms with Gasteiger partial charge in [0.1, 0.15) is 10.1 Å². The molecule has 18 heavy (non-hydrogen) atoms. The number of halogens is 1. The van der Waals surface area contributed by atoms with Gasteiger partial charge in [-0.1, -0.05) is 11.6 Å². The first-order valence-electron chi connectivity index (χ1n) is 5.22. The van der Waals surface area contributed by atoms with Gasteiger partial charge in [-0.25, -0.2) is 9.97 Å². The monoisotopic (exact) mass is 296 g/mol. The van der Waals surface area contributed by atoms with Crippen molar-refractivity contribution in [1.29, 1.82) is 0 Å². The Balaban J connectivity index is 2.04. The van der Waals surface area contributed by atoms with Gasteiger partial charge >= 0.3 is 0 Å². The van der Waals surface area contributed by atoms with E-state index in [0.29, 0.717) is 11.6 Å². The van der Waals surface area contributed by atoms with Crippen LogP contribution in [0.4, 0.5) is 0 Å². The molecular formula is C11H9ClN4S2. The number of pyridine rings is 1. The van der Waals surface area contributed by atoms with E-state index in [1.807, 2.05) is 28.1 Å². The molecule has 0 aliphatic heterocycles. The number of hydrogen-bond donors (Lipinski definition) is 1. The topological polar surface area (TPSA) is 56.2 Å². The molecular weight excluding hydrogens is 288 g/mol. The molecule has 3 aromatic rings. The van der Waals surface area contributed by atoms with E-state index in [9.17, 15) is 0 Å². The number of fused-ring (bicyclic) bond motifs is 1. The van der Waals surface area contributed by atoms with Crippen LogP contribution in [0.25, 0.3) is 4.96 Å². The van der Waals surface area contributed by atoms with E-state index in [1.165, 1.54) is 11.8 Å². The molecule has 92 valence electrons. The summed E-state index contributed by atoms with van der Waals surface area (Å²) < 4.78 is 2.00. The Bertz CT molecular complexity index is 691. The average Bonchev–Trinajstić information content (AvgIpc) is 2.92. The summed E-state index contributed by atoms with van der Waals surface area (Å²) in [6.45, 7) is 0.435. The zero-order valence-electron chi connectivity index (χ0n) is 9.21. The van der Waals surface area contributed by atoms with Crippen molar-refractivity contribution >= 4 is 39.7 Å². The van der Waals surface area contributed by atoms with Gasteiger partial charge in [0, 0.05) is 24.3 Å². The van der Waals surface area contributed by atoms with Gasteiger partial charge in [-0.3, -0.25) is 4.40 Å². The Kier molecular flexibility index (Phi) is 3.25. The van der Waals surface area contributed by atoms with Gasteiger partial charge in [0.2, 0.25) is 0 Å². The van der Waals surface area contributed by atoms with E-state index in [-0.39, 0.29) is 0 Å². The second-order valence-electron chi connectivity index (χ2n) is 3.52. The molecule has 0 saturated heterocycles. The van der Waals surface area contributed by atoms with E-state index >= 15 is 0 Å². The maximum atomic E-state index is 6.10. The summed E-state index contributed by atoms with van der Waals surface area (Å²) in [7, 11) is 0. The van der Waals surface area contributed by atoms with Crippen molar-refractivity contribution < 1.29 is 0 Å². The first-order chi connectivity index (χ1) is 8.79. The second kappa shape index (κ2) is 4.89. The van der Waals surface area contributed by atoms with Crippen molar-refractivity contribution in [2.24, 2.45) is 5.73 Å². The molecule has 4 nitrogen and oxygen atoms in total. The zero-order chi connectivity index (χ0) is 12.5. The molecule has 0 saturated carbocycles. The molecule has 0 bridgehead atoms. The Labute approximate surface area is 117 Å². The Morgan fingerprint density at radius 1 is 1.44 bits per heavy atom. The molecule has 0 spiro atoms. The standard InChI is InChI=1S/C11H9ClN4S2/c12-7-2-1-3-14-9(7)18-10-8(6-13)16-4-5-17-11(16)15-10/h1-5H,6,13H2. The van der Waals surface area contributed by atoms with Crippen LogP contribution >= 0.6 is 34.7 Å². The van der Waals surface area contributed by atoms with Gasteiger partial charge in [-0.15, -0.1) is 11.3 Å². The summed E-state index contributed by atoms with van der Waals surface area (Å²) >= 11 is 9.13. The number of rotatable bonds is 3. The lowest BCUT2D eigenvalue weighted by atomic mass is 10.5. The highest BCUT2D eigenvalue weighted by Crippen LogP contribution is 2.33. The molecule has 0 atom stereocenters. The van der Waals surface area contributed by atoms with E-state index < -0.39 is 0 Å². The van der Waals surface area contributed by atoms with Gasteiger partial charge in [0.25, 0.3) is 0 Å². The third-order valence-electron chi connectivity index (χ3n) is 2.44. The lowest BCUT2D eigenvalue weighted by Gasteiger charge is -2.02. The van der Waals surface area contributed by atoms with Crippen molar-refractivity contribution in [2.75, 3.05) is 0 Å². The number of hydrogen-bond acceptors (Lipinski definition) is 5. The Hall–Kier alpha value is -1.08. The fourth-order valence-electron chi connectivity index (χ4n) is 1.62. The van der Waals surface area contributed by atoms with Crippen molar-refractivity contribution in [3.05, 3.63) is 40.6 Å². The first-order valence-corrected chi connectivity index (χ1v) is 7.30. The Morgan fingerprint density at radius 2 is 2.33 bits per heavy atom. The van der Waals surface area contributed by atoms with Crippen LogP contribution in [0.3, 0.4) is 0 Å². The number of aromatic nitrogens is 3. The van der Waals surface area contributed by atoms with Crippen LogP contribution in [0.1, 0.15) is 5.69 Å². The fourth-order valence-corrected chi connectivity index (χ4v) is 3.54. The normalized spacial score (nSPS) is 11.2. The number of nitrogens with two attached hydrogens (primary N) is 1. The fraction of sp³-hybridized carbons (Fsp3) is 0.0909. The maximum absolute atomic E-state index is 6.10. The summed E-state index contributed by atoms with van der Waals surface area (Å²) in [6, 6.07) is 3.62. The molecule has 0 radical (unpaired) electrons. The largest absolute Gasteiger partial charge is 0.325 e. The van der Waals surface area contributed by atoms with E-state index in [4.69, 9.17) is 17.3 Å². The third-order valence-corrected chi connectivity index (χ3v) is 4.65. The van der Waals surface area contributed by atoms with Crippen LogP contribution in [0.5, 0.6) is 0 Å². The van der Waals surface area contributed by atoms with E-state index in [2.05, 4.69) is 9.97 Å². The highest BCUT2D eigenvalue weighted by atomic mass is 35.5. The van der Waals surface area contributed by atoms with Crippen molar-refractivity contribution in [2.45, 2.75) is 16.6 Å². The van der Waals surface area contributed by atoms with Crippen molar-refractivity contribution in [1.82, 2.24) is 14.4 Å². The Morgan fingerprint density at radius 3 is 3.11 bits per heavy atom. The molecule has 7 heteroatoms. The van der Waals surface area contributed by atoms with Gasteiger partial charge in [0.05, 0.1) is 10.7 Å². The van der Waals surface area contributed by atoms with Crippen molar-refractivity contribution in [3.63, 3.8) is 0 Å². The minimum absolute atomic E-state index is 0.435. The molecule has 0 aliphatic carbocycles. The first kappa shape index (κ1) is 12.0. The minimum Gasteiger partial charge on any atom is -0.325 e. The molecule has 0 amide bonds. The minimum atomic E-state index is 0.435. The van der Waals surface area contributed by atoms with Crippen LogP contribution in [0.15, 0.2) is 40.0 Å². The highest BCUT2D eigenvalue weighted by molar-refractivity contribution is 7.99. The predicted octanol–water partition coefficient (Wildman–Crippen LogP) is 3.05. The van der Waals surface area contributed by atoms with Crippen LogP contribution in [0, 0.1) is 0 Å². The number of imidazole rings is 1. The molecule has 0 unspecified atom stereocenters. The van der Waals surface area contributed by atoms with Gasteiger partial charge < -0.3 is 5.73 Å². The van der Waals surface area contributed by atoms with Crippen LogP contribution in [-0.4, -0.2) is 14.4 Å².